The maximum absolute atomic E-state index is 13.8. The van der Waals surface area contributed by atoms with Crippen LogP contribution in [0.5, 0.6) is 0 Å². The van der Waals surface area contributed by atoms with E-state index in [1.807, 2.05) is 26.0 Å². The average Bonchev–Trinajstić information content (AvgIpc) is 2.89. The molecule has 0 aliphatic carbocycles. The Bertz CT molecular complexity index is 1500. The third kappa shape index (κ3) is 5.51. The molecule has 6 nitrogen and oxygen atoms in total. The second-order valence-corrected chi connectivity index (χ2v) is 11.3. The van der Waals surface area contributed by atoms with Crippen LogP contribution in [0.1, 0.15) is 51.1 Å². The molecule has 0 saturated heterocycles. The number of aliphatic hydroxyl groups excluding tert-OH is 1. The SMILES string of the molecule is C=C1N=C(CCCC)N([C@@H](CC)c2cccc(Cl)c2)C(O)=C1S(=O)(=O)c1ccc(-c2ccc(F)nc2)cc1. The molecule has 0 saturated carbocycles. The highest BCUT2D eigenvalue weighted by Gasteiger charge is 2.38. The first-order valence-corrected chi connectivity index (χ1v) is 14.2. The van der Waals surface area contributed by atoms with Gasteiger partial charge in [-0.15, -0.1) is 0 Å². The van der Waals surface area contributed by atoms with Crippen LogP contribution in [-0.4, -0.2) is 29.2 Å². The molecule has 3 aromatic rings. The summed E-state index contributed by atoms with van der Waals surface area (Å²) in [5.74, 6) is -0.452. The highest BCUT2D eigenvalue weighted by molar-refractivity contribution is 7.95. The molecule has 0 spiro atoms. The maximum atomic E-state index is 13.8. The van der Waals surface area contributed by atoms with E-state index in [4.69, 9.17) is 11.6 Å². The molecule has 1 aliphatic rings. The van der Waals surface area contributed by atoms with E-state index in [1.165, 1.54) is 24.4 Å². The highest BCUT2D eigenvalue weighted by atomic mass is 35.5. The van der Waals surface area contributed by atoms with Gasteiger partial charge in [0.2, 0.25) is 21.7 Å². The average molecular weight is 554 g/mol. The Kier molecular flexibility index (Phi) is 8.33. The van der Waals surface area contributed by atoms with E-state index in [2.05, 4.69) is 16.6 Å². The summed E-state index contributed by atoms with van der Waals surface area (Å²) in [5.41, 5.74) is 2.13. The quantitative estimate of drug-likeness (QED) is 0.276. The number of amidine groups is 1. The number of sulfone groups is 1. The number of hydrogen-bond donors (Lipinski definition) is 1. The van der Waals surface area contributed by atoms with Gasteiger partial charge in [0.15, 0.2) is 4.91 Å². The van der Waals surface area contributed by atoms with E-state index in [0.717, 1.165) is 18.4 Å². The Hall–Kier alpha value is -3.49. The lowest BCUT2D eigenvalue weighted by Crippen LogP contribution is -2.38. The van der Waals surface area contributed by atoms with Gasteiger partial charge >= 0.3 is 0 Å². The minimum atomic E-state index is -4.20. The molecule has 0 fully saturated rings. The number of aliphatic hydroxyl groups is 1. The van der Waals surface area contributed by atoms with Crippen LogP contribution in [0.4, 0.5) is 4.39 Å². The zero-order valence-electron chi connectivity index (χ0n) is 21.2. The molecule has 9 heteroatoms. The van der Waals surface area contributed by atoms with Crippen molar-refractivity contribution < 1.29 is 17.9 Å². The lowest BCUT2D eigenvalue weighted by molar-refractivity contribution is 0.217. The zero-order chi connectivity index (χ0) is 27.4. The number of hydrogen-bond acceptors (Lipinski definition) is 6. The lowest BCUT2D eigenvalue weighted by Gasteiger charge is -2.37. The molecule has 38 heavy (non-hydrogen) atoms. The number of halogens is 2. The summed E-state index contributed by atoms with van der Waals surface area (Å²) in [5, 5.41) is 12.1. The third-order valence-electron chi connectivity index (χ3n) is 6.42. The summed E-state index contributed by atoms with van der Waals surface area (Å²) < 4.78 is 40.8. The monoisotopic (exact) mass is 553 g/mol. The number of benzene rings is 2. The van der Waals surface area contributed by atoms with Crippen LogP contribution in [0.2, 0.25) is 5.02 Å². The smallest absolute Gasteiger partial charge is 0.214 e. The second kappa shape index (κ2) is 11.5. The number of aromatic nitrogens is 1. The molecule has 0 unspecified atom stereocenters. The normalized spacial score (nSPS) is 15.0. The van der Waals surface area contributed by atoms with Crippen LogP contribution in [0.25, 0.3) is 11.1 Å². The topological polar surface area (TPSA) is 82.9 Å². The molecule has 1 atom stereocenters. The minimum absolute atomic E-state index is 0.0161. The number of rotatable bonds is 9. The molecule has 2 aromatic carbocycles. The summed E-state index contributed by atoms with van der Waals surface area (Å²) >= 11 is 6.25. The molecule has 1 aromatic heterocycles. The molecule has 1 aliphatic heterocycles. The Morgan fingerprint density at radius 3 is 2.39 bits per heavy atom. The minimum Gasteiger partial charge on any atom is -0.493 e. The molecule has 0 amide bonds. The van der Waals surface area contributed by atoms with Crippen LogP contribution in [0.15, 0.2) is 99.8 Å². The van der Waals surface area contributed by atoms with Gasteiger partial charge in [0, 0.05) is 23.2 Å². The van der Waals surface area contributed by atoms with Gasteiger partial charge in [0.05, 0.1) is 16.6 Å². The molecule has 1 N–H and O–H groups in total. The van der Waals surface area contributed by atoms with Crippen LogP contribution >= 0.6 is 11.6 Å². The number of aliphatic imine (C=N–C) groups is 1. The lowest BCUT2D eigenvalue weighted by atomic mass is 10.0. The van der Waals surface area contributed by atoms with Crippen LogP contribution < -0.4 is 0 Å². The Morgan fingerprint density at radius 1 is 1.08 bits per heavy atom. The van der Waals surface area contributed by atoms with Crippen LogP contribution in [0.3, 0.4) is 0 Å². The Morgan fingerprint density at radius 2 is 1.79 bits per heavy atom. The fourth-order valence-corrected chi connectivity index (χ4v) is 6.13. The molecule has 2 heterocycles. The van der Waals surface area contributed by atoms with Gasteiger partial charge < -0.3 is 5.11 Å². The van der Waals surface area contributed by atoms with Crippen molar-refractivity contribution in [1.82, 2.24) is 9.88 Å². The van der Waals surface area contributed by atoms with Crippen LogP contribution in [-0.2, 0) is 9.84 Å². The summed E-state index contributed by atoms with van der Waals surface area (Å²) in [4.78, 5) is 9.47. The van der Waals surface area contributed by atoms with E-state index >= 15 is 0 Å². The van der Waals surface area contributed by atoms with E-state index < -0.39 is 27.7 Å². The first kappa shape index (κ1) is 27.5. The van der Waals surface area contributed by atoms with Crippen LogP contribution in [0, 0.1) is 5.95 Å². The molecule has 4 rings (SSSR count). The van der Waals surface area contributed by atoms with E-state index in [0.29, 0.717) is 34.8 Å². The van der Waals surface area contributed by atoms with E-state index in [1.54, 1.807) is 35.2 Å². The molecule has 0 radical (unpaired) electrons. The maximum Gasteiger partial charge on any atom is 0.214 e. The zero-order valence-corrected chi connectivity index (χ0v) is 22.8. The molecular formula is C29H29ClFN3O3S. The van der Waals surface area contributed by atoms with Crippen molar-refractivity contribution in [3.8, 4) is 11.1 Å². The van der Waals surface area contributed by atoms with Gasteiger partial charge in [-0.05, 0) is 60.4 Å². The molecule has 0 bridgehead atoms. The predicted molar refractivity (Wildman–Crippen MR) is 149 cm³/mol. The van der Waals surface area contributed by atoms with Crippen molar-refractivity contribution in [1.29, 1.82) is 0 Å². The van der Waals surface area contributed by atoms with Crippen molar-refractivity contribution in [2.75, 3.05) is 0 Å². The molecular weight excluding hydrogens is 525 g/mol. The fraction of sp³-hybridized carbons (Fsp3) is 0.241. The van der Waals surface area contributed by atoms with Gasteiger partial charge in [0.1, 0.15) is 5.84 Å². The fourth-order valence-electron chi connectivity index (χ4n) is 4.51. The van der Waals surface area contributed by atoms with Crippen molar-refractivity contribution in [2.24, 2.45) is 4.99 Å². The van der Waals surface area contributed by atoms with Gasteiger partial charge in [0.25, 0.3) is 0 Å². The second-order valence-electron chi connectivity index (χ2n) is 8.98. The molecule has 198 valence electrons. The van der Waals surface area contributed by atoms with Crippen molar-refractivity contribution >= 4 is 27.3 Å². The third-order valence-corrected chi connectivity index (χ3v) is 8.50. The predicted octanol–water partition coefficient (Wildman–Crippen LogP) is 7.61. The van der Waals surface area contributed by atoms with Crippen molar-refractivity contribution in [2.45, 2.75) is 50.5 Å². The Labute approximate surface area is 227 Å². The first-order valence-electron chi connectivity index (χ1n) is 12.4. The summed E-state index contributed by atoms with van der Waals surface area (Å²) in [6, 6.07) is 15.8. The first-order chi connectivity index (χ1) is 18.2. The van der Waals surface area contributed by atoms with Gasteiger partial charge in [-0.1, -0.05) is 62.7 Å². The Balaban J connectivity index is 1.78. The van der Waals surface area contributed by atoms with Gasteiger partial charge in [-0.3, -0.25) is 4.90 Å². The number of nitrogens with zero attached hydrogens (tertiary/aromatic N) is 3. The largest absolute Gasteiger partial charge is 0.493 e. The van der Waals surface area contributed by atoms with Gasteiger partial charge in [-0.25, -0.2) is 18.4 Å². The summed E-state index contributed by atoms with van der Waals surface area (Å²) in [6.07, 6.45) is 4.20. The standard InChI is InChI=1S/C29H29ClFN3O3S/c1-4-6-10-27-33-19(3)28(29(35)34(27)25(5-2)21-8-7-9-23(30)17-21)38(36,37)24-14-11-20(12-15-24)22-13-16-26(31)32-18-22/h7-9,11-18,25,35H,3-6,10H2,1-2H3/t25-/m0/s1. The highest BCUT2D eigenvalue weighted by Crippen LogP contribution is 2.39. The number of unbranched alkanes of at least 4 members (excludes halogenated alkanes) is 1. The van der Waals surface area contributed by atoms with Crippen molar-refractivity contribution in [3.05, 3.63) is 106 Å². The number of pyridine rings is 1. The summed E-state index contributed by atoms with van der Waals surface area (Å²) in [6.45, 7) is 7.90. The van der Waals surface area contributed by atoms with Crippen molar-refractivity contribution in [3.63, 3.8) is 0 Å². The van der Waals surface area contributed by atoms with Gasteiger partial charge in [-0.2, -0.15) is 4.39 Å². The van der Waals surface area contributed by atoms with E-state index in [9.17, 15) is 17.9 Å². The van der Waals surface area contributed by atoms with E-state index in [-0.39, 0.29) is 15.5 Å². The summed E-state index contributed by atoms with van der Waals surface area (Å²) in [7, 11) is -4.20.